The van der Waals surface area contributed by atoms with E-state index >= 15 is 0 Å². The van der Waals surface area contributed by atoms with Crippen molar-refractivity contribution in [2.24, 2.45) is 4.99 Å². The van der Waals surface area contributed by atoms with Crippen LogP contribution >= 0.6 is 0 Å². The van der Waals surface area contributed by atoms with Crippen molar-refractivity contribution in [2.75, 3.05) is 14.2 Å². The molecule has 1 aromatic rings. The third-order valence-corrected chi connectivity index (χ3v) is 6.11. The molecule has 1 saturated heterocycles. The Morgan fingerprint density at radius 2 is 1.95 bits per heavy atom. The highest BCUT2D eigenvalue weighted by molar-refractivity contribution is 6.04. The number of carbonyl (C=O) groups is 4. The fraction of sp³-hybridized carbons (Fsp3) is 0.433. The van der Waals surface area contributed by atoms with Gasteiger partial charge in [-0.3, -0.25) is 19.7 Å². The number of ether oxygens (including phenoxy) is 1. The Bertz CT molecular complexity index is 1210. The summed E-state index contributed by atoms with van der Waals surface area (Å²) in [5.74, 6) is 0.556. The van der Waals surface area contributed by atoms with Crippen LogP contribution in [0.15, 0.2) is 57.5 Å². The minimum atomic E-state index is -0.906. The molecule has 11 heteroatoms. The Morgan fingerprint density at radius 3 is 2.46 bits per heavy atom. The molecule has 2 heterocycles. The van der Waals surface area contributed by atoms with Crippen molar-refractivity contribution >= 4 is 41.9 Å². The first kappa shape index (κ1) is 34.8. The number of amidine groups is 1. The number of imide groups is 1. The van der Waals surface area contributed by atoms with Crippen molar-refractivity contribution < 1.29 is 28.3 Å². The second-order valence-electron chi connectivity index (χ2n) is 8.90. The standard InChI is InChI=1S/C17H22N4O4.C11H15NO2.C2H6/c1-5-7-10(3)21(9-22)11(4)18-12-8-14(25-13(12)6-2)15-16(23)20-17(24)19-15;1-8-4-5-9(14-3)6-7-10(8)11(13)12-2;1-2/h6,8-10,15H,2,5,7H2,1,3-4H3,(H2,19,20,23,24);4-7,9H,1-3H3,(H,12,13);1-2H3. The summed E-state index contributed by atoms with van der Waals surface area (Å²) < 4.78 is 10.7. The minimum absolute atomic E-state index is 0.0182. The number of hydrogen-bond donors (Lipinski definition) is 3. The number of methoxy groups -OCH3 is 1. The van der Waals surface area contributed by atoms with E-state index in [1.165, 1.54) is 6.08 Å². The van der Waals surface area contributed by atoms with E-state index in [9.17, 15) is 19.2 Å². The number of furan rings is 1. The topological polar surface area (TPSA) is 142 Å². The summed E-state index contributed by atoms with van der Waals surface area (Å²) in [6.07, 6.45) is 11.4. The molecule has 0 bridgehead atoms. The van der Waals surface area contributed by atoms with Crippen LogP contribution in [0.1, 0.15) is 71.9 Å². The number of urea groups is 1. The molecule has 224 valence electrons. The number of nitrogens with one attached hydrogen (secondary N) is 3. The van der Waals surface area contributed by atoms with Crippen LogP contribution in [0.5, 0.6) is 0 Å². The van der Waals surface area contributed by atoms with E-state index in [-0.39, 0.29) is 23.8 Å². The molecule has 0 spiro atoms. The van der Waals surface area contributed by atoms with Crippen LogP contribution in [0.2, 0.25) is 0 Å². The summed E-state index contributed by atoms with van der Waals surface area (Å²) in [6, 6.07) is 0.0961. The molecular formula is C30H43N5O6. The number of amides is 5. The van der Waals surface area contributed by atoms with Crippen molar-refractivity contribution in [1.29, 1.82) is 0 Å². The van der Waals surface area contributed by atoms with Crippen LogP contribution in [0.4, 0.5) is 10.5 Å². The van der Waals surface area contributed by atoms with Crippen LogP contribution in [0, 0.1) is 0 Å². The number of carbonyl (C=O) groups excluding carboxylic acids is 4. The van der Waals surface area contributed by atoms with E-state index in [0.717, 1.165) is 24.8 Å². The van der Waals surface area contributed by atoms with Gasteiger partial charge < -0.3 is 24.7 Å². The molecule has 2 aliphatic rings. The Hall–Kier alpha value is -4.25. The maximum atomic E-state index is 11.8. The number of aliphatic imine (C=N–C) groups is 1. The molecule has 0 aromatic carbocycles. The van der Waals surface area contributed by atoms with Crippen LogP contribution in [0.25, 0.3) is 6.08 Å². The molecule has 3 unspecified atom stereocenters. The number of hydrogen-bond acceptors (Lipinski definition) is 7. The van der Waals surface area contributed by atoms with E-state index in [4.69, 9.17) is 9.15 Å². The van der Waals surface area contributed by atoms with E-state index in [1.54, 1.807) is 38.1 Å². The van der Waals surface area contributed by atoms with E-state index in [1.807, 2.05) is 52.8 Å². The maximum absolute atomic E-state index is 11.8. The molecule has 3 N–H and O–H groups in total. The highest BCUT2D eigenvalue weighted by atomic mass is 16.5. The molecule has 1 aromatic heterocycles. The molecule has 3 rings (SSSR count). The van der Waals surface area contributed by atoms with Gasteiger partial charge in [0.15, 0.2) is 11.8 Å². The first-order chi connectivity index (χ1) is 19.6. The van der Waals surface area contributed by atoms with Gasteiger partial charge in [0, 0.05) is 31.8 Å². The van der Waals surface area contributed by atoms with Crippen molar-refractivity contribution in [3.8, 4) is 0 Å². The van der Waals surface area contributed by atoms with E-state index in [2.05, 4.69) is 27.5 Å². The Kier molecular flexibility index (Phi) is 14.8. The second-order valence-corrected chi connectivity index (χ2v) is 8.90. The molecule has 1 aliphatic heterocycles. The number of nitrogens with zero attached hydrogens (tertiary/aromatic N) is 2. The van der Waals surface area contributed by atoms with Crippen LogP contribution in [-0.4, -0.2) is 61.3 Å². The fourth-order valence-corrected chi connectivity index (χ4v) is 3.96. The lowest BCUT2D eigenvalue weighted by molar-refractivity contribution is -0.120. The predicted octanol–water partition coefficient (Wildman–Crippen LogP) is 4.72. The Morgan fingerprint density at radius 1 is 1.29 bits per heavy atom. The number of likely N-dealkylation sites (N-methyl/N-ethyl adjacent to an activating group) is 1. The van der Waals surface area contributed by atoms with E-state index < -0.39 is 18.0 Å². The summed E-state index contributed by atoms with van der Waals surface area (Å²) in [6.45, 7) is 15.3. The first-order valence-corrected chi connectivity index (χ1v) is 13.6. The highest BCUT2D eigenvalue weighted by Crippen LogP contribution is 2.30. The molecule has 1 aliphatic carbocycles. The lowest BCUT2D eigenvalue weighted by atomic mass is 10.1. The summed E-state index contributed by atoms with van der Waals surface area (Å²) in [4.78, 5) is 51.8. The van der Waals surface area contributed by atoms with Crippen LogP contribution in [0.3, 0.4) is 0 Å². The molecule has 0 saturated carbocycles. The van der Waals surface area contributed by atoms with Crippen molar-refractivity contribution in [2.45, 2.75) is 72.6 Å². The number of rotatable bonds is 9. The fourth-order valence-electron chi connectivity index (χ4n) is 3.96. The first-order valence-electron chi connectivity index (χ1n) is 13.6. The second kappa shape index (κ2) is 17.4. The third-order valence-electron chi connectivity index (χ3n) is 6.11. The van der Waals surface area contributed by atoms with Gasteiger partial charge in [0.05, 0.1) is 6.10 Å². The summed E-state index contributed by atoms with van der Waals surface area (Å²) >= 11 is 0. The predicted molar refractivity (Wildman–Crippen MR) is 160 cm³/mol. The van der Waals surface area contributed by atoms with Gasteiger partial charge in [-0.15, -0.1) is 0 Å². The van der Waals surface area contributed by atoms with Gasteiger partial charge in [0.25, 0.3) is 11.8 Å². The molecular weight excluding hydrogens is 526 g/mol. The van der Waals surface area contributed by atoms with Gasteiger partial charge in [-0.25, -0.2) is 9.79 Å². The van der Waals surface area contributed by atoms with Gasteiger partial charge in [0.2, 0.25) is 6.41 Å². The molecule has 41 heavy (non-hydrogen) atoms. The largest absolute Gasteiger partial charge is 0.457 e. The normalized spacial score (nSPS) is 18.6. The SMILES string of the molecule is C=Cc1oc(C2NC(=O)NC2=O)cc1N=C(C)N(C=O)C(C)CCC.CC.CNC(=O)C1=C(C)C=CC(OC)C=C1. The lowest BCUT2D eigenvalue weighted by Gasteiger charge is -2.24. The maximum Gasteiger partial charge on any atom is 0.322 e. The Labute approximate surface area is 242 Å². The summed E-state index contributed by atoms with van der Waals surface area (Å²) in [7, 11) is 3.26. The van der Waals surface area contributed by atoms with Gasteiger partial charge in [-0.2, -0.15) is 0 Å². The smallest absolute Gasteiger partial charge is 0.322 e. The zero-order chi connectivity index (χ0) is 31.1. The zero-order valence-electron chi connectivity index (χ0n) is 25.2. The van der Waals surface area contributed by atoms with Crippen LogP contribution in [-0.2, 0) is 19.1 Å². The highest BCUT2D eigenvalue weighted by Gasteiger charge is 2.34. The van der Waals surface area contributed by atoms with Crippen LogP contribution < -0.4 is 16.0 Å². The molecule has 1 fully saturated rings. The van der Waals surface area contributed by atoms with Gasteiger partial charge in [-0.05, 0) is 38.8 Å². The average molecular weight is 570 g/mol. The quantitative estimate of drug-likeness (QED) is 0.170. The Balaban J connectivity index is 0.000000445. The molecule has 11 nitrogen and oxygen atoms in total. The third kappa shape index (κ3) is 9.71. The van der Waals surface area contributed by atoms with Crippen molar-refractivity contribution in [3.05, 3.63) is 59.6 Å². The summed E-state index contributed by atoms with van der Waals surface area (Å²) in [5.41, 5.74) is 2.07. The monoisotopic (exact) mass is 569 g/mol. The van der Waals surface area contributed by atoms with Gasteiger partial charge in [0.1, 0.15) is 17.3 Å². The average Bonchev–Trinajstić information content (AvgIpc) is 3.46. The van der Waals surface area contributed by atoms with E-state index in [0.29, 0.717) is 22.9 Å². The summed E-state index contributed by atoms with van der Waals surface area (Å²) in [5, 5.41) is 7.21. The van der Waals surface area contributed by atoms with Gasteiger partial charge in [-0.1, -0.05) is 58.1 Å². The number of allylic oxidation sites excluding steroid dienone is 2. The van der Waals surface area contributed by atoms with Crippen molar-refractivity contribution in [1.82, 2.24) is 20.9 Å². The van der Waals surface area contributed by atoms with Gasteiger partial charge >= 0.3 is 6.03 Å². The minimum Gasteiger partial charge on any atom is -0.457 e. The molecule has 3 atom stereocenters. The van der Waals surface area contributed by atoms with Crippen molar-refractivity contribution in [3.63, 3.8) is 0 Å². The zero-order valence-corrected chi connectivity index (χ0v) is 25.2. The lowest BCUT2D eigenvalue weighted by Crippen LogP contribution is -2.35. The molecule has 0 radical (unpaired) electrons. The molecule has 5 amide bonds.